The Labute approximate surface area is 205 Å². The Morgan fingerprint density at radius 3 is 2.53 bits per heavy atom. The number of fused-ring (bicyclic) bond motifs is 1. The maximum absolute atomic E-state index is 13.3. The van der Waals surface area contributed by atoms with Gasteiger partial charge in [-0.25, -0.2) is 0 Å². The molecule has 1 saturated heterocycles. The quantitative estimate of drug-likeness (QED) is 0.348. The third-order valence-corrected chi connectivity index (χ3v) is 7.27. The zero-order valence-electron chi connectivity index (χ0n) is 19.4. The van der Waals surface area contributed by atoms with Gasteiger partial charge >= 0.3 is 5.97 Å². The van der Waals surface area contributed by atoms with Gasteiger partial charge in [-0.1, -0.05) is 48.0 Å². The number of carbonyl (C=O) groups is 1. The van der Waals surface area contributed by atoms with E-state index in [0.717, 1.165) is 56.0 Å². The Kier molecular flexibility index (Phi) is 6.48. The van der Waals surface area contributed by atoms with Crippen LogP contribution in [-0.4, -0.2) is 50.7 Å². The Hall–Kier alpha value is -3.02. The van der Waals surface area contributed by atoms with Gasteiger partial charge in [0, 0.05) is 48.5 Å². The Morgan fingerprint density at radius 1 is 0.971 bits per heavy atom. The van der Waals surface area contributed by atoms with Gasteiger partial charge in [-0.2, -0.15) is 0 Å². The van der Waals surface area contributed by atoms with Crippen molar-refractivity contribution in [2.45, 2.75) is 18.3 Å². The summed E-state index contributed by atoms with van der Waals surface area (Å²) in [7, 11) is 1.70. The second kappa shape index (κ2) is 9.69. The topological polar surface area (TPSA) is 42.0 Å². The van der Waals surface area contributed by atoms with Crippen molar-refractivity contribution in [2.75, 3.05) is 44.7 Å². The molecule has 1 fully saturated rings. The van der Waals surface area contributed by atoms with Gasteiger partial charge < -0.3 is 14.4 Å². The van der Waals surface area contributed by atoms with Crippen LogP contribution < -0.4 is 14.4 Å². The van der Waals surface area contributed by atoms with Crippen molar-refractivity contribution < 1.29 is 14.3 Å². The number of hydrogen-bond acceptors (Lipinski definition) is 5. The number of anilines is 1. The predicted octanol–water partition coefficient (Wildman–Crippen LogP) is 5.16. The molecule has 0 saturated carbocycles. The van der Waals surface area contributed by atoms with E-state index in [1.807, 2.05) is 48.5 Å². The largest absolute Gasteiger partial charge is 0.497 e. The number of halogens is 1. The standard InChI is InChI=1S/C28H29ClN2O3/c1-33-24-10-5-9-23(20-24)31-17-15-30(16-18-31)14-6-13-28(21-7-3-2-4-8-21)25-19-22(29)11-12-26(25)34-27(28)32/h2-5,7-12,19-20H,6,13-18H2,1H3. The highest BCUT2D eigenvalue weighted by atomic mass is 35.5. The summed E-state index contributed by atoms with van der Waals surface area (Å²) in [6.07, 6.45) is 1.56. The van der Waals surface area contributed by atoms with Gasteiger partial charge in [0.05, 0.1) is 7.11 Å². The highest BCUT2D eigenvalue weighted by molar-refractivity contribution is 6.30. The first-order chi connectivity index (χ1) is 16.6. The van der Waals surface area contributed by atoms with Crippen LogP contribution in [0.3, 0.4) is 0 Å². The molecule has 0 N–H and O–H groups in total. The molecule has 2 aliphatic heterocycles. The van der Waals surface area contributed by atoms with Crippen LogP contribution in [-0.2, 0) is 10.2 Å². The van der Waals surface area contributed by atoms with Crippen molar-refractivity contribution in [1.29, 1.82) is 0 Å². The average molecular weight is 477 g/mol. The van der Waals surface area contributed by atoms with Gasteiger partial charge in [0.25, 0.3) is 0 Å². The Balaban J connectivity index is 1.27. The third-order valence-electron chi connectivity index (χ3n) is 7.04. The van der Waals surface area contributed by atoms with Crippen LogP contribution in [0.25, 0.3) is 0 Å². The molecule has 5 nitrogen and oxygen atoms in total. The third kappa shape index (κ3) is 4.26. The first-order valence-corrected chi connectivity index (χ1v) is 12.2. The zero-order valence-corrected chi connectivity index (χ0v) is 20.1. The van der Waals surface area contributed by atoms with Crippen molar-refractivity contribution in [3.63, 3.8) is 0 Å². The Morgan fingerprint density at radius 2 is 1.76 bits per heavy atom. The smallest absolute Gasteiger partial charge is 0.326 e. The number of rotatable bonds is 7. The molecule has 1 unspecified atom stereocenters. The molecule has 0 aliphatic carbocycles. The molecular weight excluding hydrogens is 448 g/mol. The van der Waals surface area contributed by atoms with Gasteiger partial charge in [0.1, 0.15) is 16.9 Å². The SMILES string of the molecule is COc1cccc(N2CCN(CCCC3(c4ccccc4)C(=O)Oc4ccc(Cl)cc43)CC2)c1. The van der Waals surface area contributed by atoms with E-state index in [1.54, 1.807) is 19.2 Å². The number of benzene rings is 3. The van der Waals surface area contributed by atoms with Crippen molar-refractivity contribution >= 4 is 23.3 Å². The summed E-state index contributed by atoms with van der Waals surface area (Å²) in [5.41, 5.74) is 2.22. The number of methoxy groups -OCH3 is 1. The van der Waals surface area contributed by atoms with Crippen molar-refractivity contribution in [3.8, 4) is 11.5 Å². The summed E-state index contributed by atoms with van der Waals surface area (Å²) in [4.78, 5) is 18.2. The average Bonchev–Trinajstić information content (AvgIpc) is 3.16. The van der Waals surface area contributed by atoms with Crippen molar-refractivity contribution in [2.24, 2.45) is 0 Å². The molecule has 34 heavy (non-hydrogen) atoms. The maximum atomic E-state index is 13.3. The molecule has 0 bridgehead atoms. The van der Waals surface area contributed by atoms with Crippen LogP contribution in [0, 0.1) is 0 Å². The fourth-order valence-corrected chi connectivity index (χ4v) is 5.38. The second-order valence-corrected chi connectivity index (χ2v) is 9.37. The molecule has 0 radical (unpaired) electrons. The molecule has 0 aromatic heterocycles. The van der Waals surface area contributed by atoms with Gasteiger partial charge in [-0.3, -0.25) is 9.69 Å². The van der Waals surface area contributed by atoms with E-state index in [9.17, 15) is 4.79 Å². The van der Waals surface area contributed by atoms with E-state index in [-0.39, 0.29) is 5.97 Å². The van der Waals surface area contributed by atoms with Crippen LogP contribution in [0.1, 0.15) is 24.0 Å². The predicted molar refractivity (Wildman–Crippen MR) is 135 cm³/mol. The maximum Gasteiger partial charge on any atom is 0.326 e. The van der Waals surface area contributed by atoms with Crippen LogP contribution >= 0.6 is 11.6 Å². The number of esters is 1. The first-order valence-electron chi connectivity index (χ1n) is 11.8. The monoisotopic (exact) mass is 476 g/mol. The lowest BCUT2D eigenvalue weighted by molar-refractivity contribution is -0.137. The van der Waals surface area contributed by atoms with Crippen LogP contribution in [0.15, 0.2) is 72.8 Å². The molecule has 0 spiro atoms. The summed E-state index contributed by atoms with van der Waals surface area (Å²) in [5.74, 6) is 1.29. The summed E-state index contributed by atoms with van der Waals surface area (Å²) >= 11 is 6.34. The number of carbonyl (C=O) groups excluding carboxylic acids is 1. The highest BCUT2D eigenvalue weighted by Crippen LogP contribution is 2.48. The van der Waals surface area contributed by atoms with E-state index >= 15 is 0 Å². The van der Waals surface area contributed by atoms with Gasteiger partial charge in [-0.15, -0.1) is 0 Å². The zero-order chi connectivity index (χ0) is 23.5. The second-order valence-electron chi connectivity index (χ2n) is 8.94. The molecule has 1 atom stereocenters. The molecule has 2 aliphatic rings. The number of ether oxygens (including phenoxy) is 2. The lowest BCUT2D eigenvalue weighted by Gasteiger charge is -2.36. The van der Waals surface area contributed by atoms with Crippen LogP contribution in [0.2, 0.25) is 5.02 Å². The van der Waals surface area contributed by atoms with Gasteiger partial charge in [0.2, 0.25) is 0 Å². The fraction of sp³-hybridized carbons (Fsp3) is 0.321. The minimum absolute atomic E-state index is 0.209. The summed E-state index contributed by atoms with van der Waals surface area (Å²) < 4.78 is 11.1. The number of piperazine rings is 1. The minimum Gasteiger partial charge on any atom is -0.497 e. The molecule has 3 aromatic rings. The molecule has 3 aromatic carbocycles. The molecule has 6 heteroatoms. The van der Waals surface area contributed by atoms with Gasteiger partial charge in [0.15, 0.2) is 0 Å². The molecule has 176 valence electrons. The summed E-state index contributed by atoms with van der Waals surface area (Å²) in [6, 6.07) is 23.7. The molecule has 0 amide bonds. The van der Waals surface area contributed by atoms with E-state index in [4.69, 9.17) is 21.1 Å². The summed E-state index contributed by atoms with van der Waals surface area (Å²) in [6.45, 7) is 4.85. The minimum atomic E-state index is -0.816. The fourth-order valence-electron chi connectivity index (χ4n) is 5.20. The molecule has 5 rings (SSSR count). The lowest BCUT2D eigenvalue weighted by atomic mass is 9.72. The lowest BCUT2D eigenvalue weighted by Crippen LogP contribution is -2.47. The van der Waals surface area contributed by atoms with E-state index in [0.29, 0.717) is 17.2 Å². The Bertz CT molecular complexity index is 1160. The van der Waals surface area contributed by atoms with Crippen LogP contribution in [0.5, 0.6) is 11.5 Å². The number of hydrogen-bond donors (Lipinski definition) is 0. The van der Waals surface area contributed by atoms with E-state index in [1.165, 1.54) is 5.69 Å². The highest BCUT2D eigenvalue weighted by Gasteiger charge is 2.50. The summed E-state index contributed by atoms with van der Waals surface area (Å²) in [5, 5.41) is 0.617. The van der Waals surface area contributed by atoms with Crippen molar-refractivity contribution in [1.82, 2.24) is 4.90 Å². The first kappa shape index (κ1) is 22.8. The van der Waals surface area contributed by atoms with E-state index < -0.39 is 5.41 Å². The number of nitrogens with zero attached hydrogens (tertiary/aromatic N) is 2. The molecular formula is C28H29ClN2O3. The normalized spacial score (nSPS) is 20.2. The van der Waals surface area contributed by atoms with Crippen molar-refractivity contribution in [3.05, 3.63) is 88.9 Å². The molecule has 2 heterocycles. The van der Waals surface area contributed by atoms with E-state index in [2.05, 4.69) is 21.9 Å². The van der Waals surface area contributed by atoms with Gasteiger partial charge in [-0.05, 0) is 55.3 Å². The van der Waals surface area contributed by atoms with Crippen LogP contribution in [0.4, 0.5) is 5.69 Å².